The Kier molecular flexibility index (Phi) is 5.69. The number of esters is 2. The molecule has 4 heterocycles. The van der Waals surface area contributed by atoms with Crippen LogP contribution in [0, 0.1) is 16.7 Å². The van der Waals surface area contributed by atoms with Gasteiger partial charge in [0.15, 0.2) is 17.5 Å². The normalized spacial score (nSPS) is 51.7. The van der Waals surface area contributed by atoms with Gasteiger partial charge in [0, 0.05) is 17.4 Å². The zero-order chi connectivity index (χ0) is 27.3. The maximum Gasteiger partial charge on any atom is 0.343 e. The maximum absolute atomic E-state index is 13.6. The van der Waals surface area contributed by atoms with E-state index in [-0.39, 0.29) is 12.8 Å². The molecule has 12 atom stereocenters. The Bertz CT molecular complexity index is 1150. The summed E-state index contributed by atoms with van der Waals surface area (Å²) in [5.74, 6) is -2.15. The van der Waals surface area contributed by atoms with E-state index in [4.69, 9.17) is 23.4 Å². The molecule has 208 valence electrons. The summed E-state index contributed by atoms with van der Waals surface area (Å²) in [5.41, 5.74) is -5.37. The van der Waals surface area contributed by atoms with Gasteiger partial charge in [0.05, 0.1) is 24.5 Å². The van der Waals surface area contributed by atoms with Gasteiger partial charge in [-0.15, -0.1) is 0 Å². The average Bonchev–Trinajstić information content (AvgIpc) is 3.48. The minimum Gasteiger partial charge on any atom is -0.472 e. The summed E-state index contributed by atoms with van der Waals surface area (Å²) < 4.78 is 28.4. The summed E-state index contributed by atoms with van der Waals surface area (Å²) in [5, 5.41) is 52.6. The molecule has 1 saturated carbocycles. The molecule has 6 rings (SSSR count). The molecule has 5 aliphatic rings. The predicted molar refractivity (Wildman–Crippen MR) is 123 cm³/mol. The average molecular weight is 537 g/mol. The van der Waals surface area contributed by atoms with Crippen LogP contribution in [0.2, 0.25) is 0 Å². The van der Waals surface area contributed by atoms with E-state index < -0.39 is 89.4 Å². The van der Waals surface area contributed by atoms with Gasteiger partial charge in [-0.05, 0) is 30.9 Å². The number of fused-ring (bicyclic) bond motifs is 2. The largest absolute Gasteiger partial charge is 0.472 e. The first-order chi connectivity index (χ1) is 17.9. The van der Waals surface area contributed by atoms with Crippen LogP contribution >= 0.6 is 0 Å². The number of cyclic esters (lactones) is 1. The molecule has 3 aliphatic heterocycles. The van der Waals surface area contributed by atoms with E-state index in [2.05, 4.69) is 0 Å². The Morgan fingerprint density at radius 2 is 1.82 bits per heavy atom. The van der Waals surface area contributed by atoms with Crippen LogP contribution in [0.3, 0.4) is 0 Å². The number of hydrogen-bond acceptors (Lipinski definition) is 12. The second-order valence-electron chi connectivity index (χ2n) is 11.6. The lowest BCUT2D eigenvalue weighted by atomic mass is 9.42. The van der Waals surface area contributed by atoms with Crippen LogP contribution in [0.25, 0.3) is 0 Å². The van der Waals surface area contributed by atoms with Gasteiger partial charge in [-0.1, -0.05) is 19.9 Å². The number of rotatable bonds is 4. The van der Waals surface area contributed by atoms with E-state index >= 15 is 0 Å². The van der Waals surface area contributed by atoms with Crippen molar-refractivity contribution >= 4 is 11.9 Å². The summed E-state index contributed by atoms with van der Waals surface area (Å²) >= 11 is 0. The summed E-state index contributed by atoms with van der Waals surface area (Å²) in [6, 6.07) is 1.69. The predicted octanol–water partition coefficient (Wildman–Crippen LogP) is -0.528. The Morgan fingerprint density at radius 3 is 2.50 bits per heavy atom. The van der Waals surface area contributed by atoms with E-state index in [0.29, 0.717) is 12.0 Å². The number of allylic oxidation sites excluding steroid dienone is 1. The van der Waals surface area contributed by atoms with Gasteiger partial charge in [-0.25, -0.2) is 9.59 Å². The van der Waals surface area contributed by atoms with Gasteiger partial charge < -0.3 is 48.9 Å². The highest BCUT2D eigenvalue weighted by atomic mass is 16.7. The van der Waals surface area contributed by atoms with E-state index in [1.807, 2.05) is 0 Å². The number of aliphatic hydroxyl groups is 5. The molecular weight excluding hydrogens is 504 g/mol. The van der Waals surface area contributed by atoms with Crippen molar-refractivity contribution < 1.29 is 58.5 Å². The SMILES string of the molecule is CC12CC(c3ccoc3)OC(=O)C1(O)CC1OC(=O)C3(OC4OC(CO)C(O)C(O)C4O)C=CCC2C13C. The second-order valence-corrected chi connectivity index (χ2v) is 11.6. The third-order valence-electron chi connectivity index (χ3n) is 9.93. The molecule has 4 fully saturated rings. The van der Waals surface area contributed by atoms with Crippen molar-refractivity contribution in [2.24, 2.45) is 16.7 Å². The number of carbonyl (C=O) groups is 2. The van der Waals surface area contributed by atoms with Gasteiger partial charge in [0.1, 0.15) is 36.6 Å². The van der Waals surface area contributed by atoms with Crippen molar-refractivity contribution in [1.82, 2.24) is 0 Å². The molecule has 5 N–H and O–H groups in total. The summed E-state index contributed by atoms with van der Waals surface area (Å²) in [6.07, 6.45) is -2.93. The number of hydrogen-bond donors (Lipinski definition) is 5. The molecule has 1 aromatic heterocycles. The van der Waals surface area contributed by atoms with Gasteiger partial charge in [-0.2, -0.15) is 0 Å². The lowest BCUT2D eigenvalue weighted by Crippen LogP contribution is -2.73. The van der Waals surface area contributed by atoms with Crippen LogP contribution in [-0.4, -0.2) is 92.1 Å². The van der Waals surface area contributed by atoms with Crippen molar-refractivity contribution in [2.75, 3.05) is 6.61 Å². The van der Waals surface area contributed by atoms with Crippen molar-refractivity contribution in [3.63, 3.8) is 0 Å². The summed E-state index contributed by atoms with van der Waals surface area (Å²) in [4.78, 5) is 26.9. The molecule has 0 aromatic carbocycles. The van der Waals surface area contributed by atoms with Crippen LogP contribution in [0.4, 0.5) is 0 Å². The van der Waals surface area contributed by atoms with Crippen molar-refractivity contribution in [1.29, 1.82) is 0 Å². The van der Waals surface area contributed by atoms with E-state index in [1.54, 1.807) is 26.0 Å². The van der Waals surface area contributed by atoms with Gasteiger partial charge in [-0.3, -0.25) is 0 Å². The molecule has 0 radical (unpaired) electrons. The molecule has 0 spiro atoms. The first-order valence-corrected chi connectivity index (χ1v) is 12.8. The molecule has 38 heavy (non-hydrogen) atoms. The number of ether oxygens (including phenoxy) is 4. The highest BCUT2D eigenvalue weighted by Crippen LogP contribution is 2.70. The summed E-state index contributed by atoms with van der Waals surface area (Å²) in [7, 11) is 0. The highest BCUT2D eigenvalue weighted by molar-refractivity contribution is 5.88. The van der Waals surface area contributed by atoms with Crippen LogP contribution < -0.4 is 0 Å². The molecule has 12 heteroatoms. The number of carbonyl (C=O) groups excluding carboxylic acids is 2. The van der Waals surface area contributed by atoms with Gasteiger partial charge in [0.2, 0.25) is 0 Å². The van der Waals surface area contributed by atoms with Gasteiger partial charge >= 0.3 is 11.9 Å². The monoisotopic (exact) mass is 536 g/mol. The third-order valence-corrected chi connectivity index (χ3v) is 9.93. The first kappa shape index (κ1) is 25.9. The van der Waals surface area contributed by atoms with Crippen LogP contribution in [0.15, 0.2) is 35.2 Å². The smallest absolute Gasteiger partial charge is 0.343 e. The minimum atomic E-state index is -1.95. The van der Waals surface area contributed by atoms with E-state index in [9.17, 15) is 35.1 Å². The standard InChI is InChI=1S/C26H32O12/c1-23-8-13(12-5-7-34-11-12)36-21(31)25(23,33)9-16-24(2)15(23)4-3-6-26(24,22(32)37-16)38-20-19(30)18(29)17(28)14(10-27)35-20/h3,5-7,11,13-20,27-30,33H,4,8-10H2,1-2H3. The Morgan fingerprint density at radius 1 is 1.05 bits per heavy atom. The van der Waals surface area contributed by atoms with Crippen LogP contribution in [-0.2, 0) is 28.5 Å². The molecule has 12 nitrogen and oxygen atoms in total. The topological polar surface area (TPSA) is 185 Å². The lowest BCUT2D eigenvalue weighted by Gasteiger charge is -2.64. The zero-order valence-electron chi connectivity index (χ0n) is 20.9. The molecular formula is C26H32O12. The van der Waals surface area contributed by atoms with Crippen molar-refractivity contribution in [3.8, 4) is 0 Å². The van der Waals surface area contributed by atoms with Crippen molar-refractivity contribution in [3.05, 3.63) is 36.3 Å². The van der Waals surface area contributed by atoms with Gasteiger partial charge in [0.25, 0.3) is 0 Å². The third kappa shape index (κ3) is 3.05. The Balaban J connectivity index is 1.41. The molecule has 3 saturated heterocycles. The Hall–Kier alpha value is -2.32. The van der Waals surface area contributed by atoms with Crippen LogP contribution in [0.5, 0.6) is 0 Å². The lowest BCUT2D eigenvalue weighted by molar-refractivity contribution is -0.336. The summed E-state index contributed by atoms with van der Waals surface area (Å²) in [6.45, 7) is 2.93. The minimum absolute atomic E-state index is 0.229. The number of aliphatic hydroxyl groups excluding tert-OH is 4. The molecule has 2 aliphatic carbocycles. The fourth-order valence-corrected chi connectivity index (χ4v) is 7.60. The first-order valence-electron chi connectivity index (χ1n) is 12.8. The quantitative estimate of drug-likeness (QED) is 0.245. The molecule has 1 aromatic rings. The van der Waals surface area contributed by atoms with Crippen LogP contribution in [0.1, 0.15) is 44.8 Å². The van der Waals surface area contributed by atoms with E-state index in [0.717, 1.165) is 0 Å². The molecule has 0 bridgehead atoms. The number of furan rings is 1. The maximum atomic E-state index is 13.6. The fraction of sp³-hybridized carbons (Fsp3) is 0.692. The zero-order valence-corrected chi connectivity index (χ0v) is 20.9. The van der Waals surface area contributed by atoms with Crippen molar-refractivity contribution in [2.45, 2.75) is 87.2 Å². The highest BCUT2D eigenvalue weighted by Gasteiger charge is 2.80. The molecule has 0 amide bonds. The second kappa shape index (κ2) is 8.34. The molecule has 12 unspecified atom stereocenters. The Labute approximate surface area is 217 Å². The van der Waals surface area contributed by atoms with E-state index in [1.165, 1.54) is 18.6 Å². The fourth-order valence-electron chi connectivity index (χ4n) is 7.60.